The lowest BCUT2D eigenvalue weighted by Gasteiger charge is -2.15. The van der Waals surface area contributed by atoms with Crippen LogP contribution in [0.1, 0.15) is 12.8 Å². The molecule has 1 fully saturated rings. The lowest BCUT2D eigenvalue weighted by molar-refractivity contribution is 0.301. The van der Waals surface area contributed by atoms with Gasteiger partial charge in [-0.2, -0.15) is 0 Å². The van der Waals surface area contributed by atoms with Crippen molar-refractivity contribution in [3.8, 4) is 16.9 Å². The molecule has 0 radical (unpaired) electrons. The van der Waals surface area contributed by atoms with Gasteiger partial charge in [0.25, 0.3) is 5.56 Å². The second-order valence-corrected chi connectivity index (χ2v) is 7.97. The Hall–Kier alpha value is -2.18. The molecule has 4 rings (SSSR count). The lowest BCUT2D eigenvalue weighted by atomic mass is 10.0. The summed E-state index contributed by atoms with van der Waals surface area (Å²) in [5.74, 6) is 1.41. The molecular formula is C19H20N2O3S. The first-order valence-electron chi connectivity index (χ1n) is 8.32. The SMILES string of the molecule is Cn1cc(-c2cc([S+](C)[O-])ccc2OCC2CC2)c2cc[nH]c2c1=O. The van der Waals surface area contributed by atoms with Gasteiger partial charge in [0, 0.05) is 42.0 Å². The molecule has 3 aromatic rings. The molecule has 0 aliphatic heterocycles. The highest BCUT2D eigenvalue weighted by Gasteiger charge is 2.23. The second kappa shape index (κ2) is 6.28. The van der Waals surface area contributed by atoms with E-state index < -0.39 is 11.2 Å². The summed E-state index contributed by atoms with van der Waals surface area (Å²) < 4.78 is 19.6. The first-order chi connectivity index (χ1) is 12.0. The third kappa shape index (κ3) is 3.07. The number of pyridine rings is 1. The minimum absolute atomic E-state index is 0.0700. The molecule has 1 unspecified atom stereocenters. The van der Waals surface area contributed by atoms with E-state index >= 15 is 0 Å². The number of aryl methyl sites for hydroxylation is 1. The molecule has 0 bridgehead atoms. The summed E-state index contributed by atoms with van der Waals surface area (Å²) >= 11 is -1.09. The van der Waals surface area contributed by atoms with Crippen LogP contribution in [0.15, 0.2) is 46.3 Å². The molecule has 2 aromatic heterocycles. The van der Waals surface area contributed by atoms with E-state index in [4.69, 9.17) is 4.74 Å². The Morgan fingerprint density at radius 1 is 1.32 bits per heavy atom. The molecule has 2 heterocycles. The Kier molecular flexibility index (Phi) is 4.09. The number of fused-ring (bicyclic) bond motifs is 1. The van der Waals surface area contributed by atoms with Crippen LogP contribution >= 0.6 is 0 Å². The van der Waals surface area contributed by atoms with Crippen molar-refractivity contribution >= 4 is 22.1 Å². The van der Waals surface area contributed by atoms with Crippen molar-refractivity contribution in [3.05, 3.63) is 47.0 Å². The van der Waals surface area contributed by atoms with Gasteiger partial charge in [-0.05, 0) is 48.1 Å². The number of hydrogen-bond acceptors (Lipinski definition) is 3. The van der Waals surface area contributed by atoms with Crippen molar-refractivity contribution in [2.45, 2.75) is 17.7 Å². The molecule has 5 nitrogen and oxygen atoms in total. The molecule has 25 heavy (non-hydrogen) atoms. The number of rotatable bonds is 5. The average Bonchev–Trinajstić information content (AvgIpc) is 3.30. The molecule has 1 aliphatic rings. The van der Waals surface area contributed by atoms with Crippen LogP contribution in [-0.2, 0) is 18.2 Å². The molecule has 1 N–H and O–H groups in total. The molecule has 6 heteroatoms. The van der Waals surface area contributed by atoms with Crippen LogP contribution < -0.4 is 10.3 Å². The van der Waals surface area contributed by atoms with Crippen molar-refractivity contribution in [2.24, 2.45) is 13.0 Å². The van der Waals surface area contributed by atoms with Crippen LogP contribution in [0.3, 0.4) is 0 Å². The molecular weight excluding hydrogens is 336 g/mol. The van der Waals surface area contributed by atoms with Gasteiger partial charge in [0.2, 0.25) is 0 Å². The maximum Gasteiger partial charge on any atom is 0.274 e. The van der Waals surface area contributed by atoms with E-state index in [-0.39, 0.29) is 5.56 Å². The zero-order valence-electron chi connectivity index (χ0n) is 14.2. The Bertz CT molecular complexity index is 986. The van der Waals surface area contributed by atoms with E-state index in [2.05, 4.69) is 4.98 Å². The summed E-state index contributed by atoms with van der Waals surface area (Å²) in [7, 11) is 1.73. The van der Waals surface area contributed by atoms with Gasteiger partial charge >= 0.3 is 0 Å². The number of H-pyrrole nitrogens is 1. The van der Waals surface area contributed by atoms with E-state index in [1.807, 2.05) is 30.5 Å². The summed E-state index contributed by atoms with van der Waals surface area (Å²) in [5.41, 5.74) is 2.26. The van der Waals surface area contributed by atoms with Gasteiger partial charge in [-0.25, -0.2) is 0 Å². The first kappa shape index (κ1) is 16.3. The topological polar surface area (TPSA) is 70.1 Å². The fourth-order valence-corrected chi connectivity index (χ4v) is 3.54. The molecule has 1 aliphatic carbocycles. The van der Waals surface area contributed by atoms with Crippen molar-refractivity contribution in [3.63, 3.8) is 0 Å². The normalized spacial score (nSPS) is 15.5. The van der Waals surface area contributed by atoms with Crippen LogP contribution in [0.25, 0.3) is 22.0 Å². The highest BCUT2D eigenvalue weighted by atomic mass is 32.2. The molecule has 0 saturated heterocycles. The Morgan fingerprint density at radius 3 is 2.84 bits per heavy atom. The Morgan fingerprint density at radius 2 is 2.12 bits per heavy atom. The molecule has 1 saturated carbocycles. The standard InChI is InChI=1S/C19H20N2O3S/c1-21-10-16(14-7-8-20-18(14)19(21)22)15-9-13(25(2)23)5-6-17(15)24-11-12-3-4-12/h5-10,12,20H,3-4,11H2,1-2H3. The average molecular weight is 356 g/mol. The van der Waals surface area contributed by atoms with E-state index in [0.717, 1.165) is 27.2 Å². The predicted octanol–water partition coefficient (Wildman–Crippen LogP) is 3.06. The minimum Gasteiger partial charge on any atom is -0.612 e. The van der Waals surface area contributed by atoms with Crippen LogP contribution in [-0.4, -0.2) is 27.0 Å². The number of benzene rings is 1. The summed E-state index contributed by atoms with van der Waals surface area (Å²) in [6, 6.07) is 7.53. The van der Waals surface area contributed by atoms with Crippen LogP contribution in [0.5, 0.6) is 5.75 Å². The summed E-state index contributed by atoms with van der Waals surface area (Å²) in [5, 5.41) is 0.846. The highest BCUT2D eigenvalue weighted by Crippen LogP contribution is 2.37. The van der Waals surface area contributed by atoms with Gasteiger partial charge in [0.05, 0.1) is 6.61 Å². The third-order valence-corrected chi connectivity index (χ3v) is 5.56. The quantitative estimate of drug-likeness (QED) is 0.714. The predicted molar refractivity (Wildman–Crippen MR) is 99.5 cm³/mol. The fourth-order valence-electron chi connectivity index (χ4n) is 3.00. The smallest absolute Gasteiger partial charge is 0.274 e. The minimum atomic E-state index is -1.09. The Balaban J connectivity index is 1.90. The first-order valence-corrected chi connectivity index (χ1v) is 9.88. The summed E-state index contributed by atoms with van der Waals surface area (Å²) in [4.78, 5) is 16.1. The number of aromatic amines is 1. The number of ether oxygens (including phenoxy) is 1. The number of hydrogen-bond donors (Lipinski definition) is 1. The van der Waals surface area contributed by atoms with E-state index in [0.29, 0.717) is 18.0 Å². The van der Waals surface area contributed by atoms with Gasteiger partial charge in [-0.1, -0.05) is 0 Å². The van der Waals surface area contributed by atoms with Crippen LogP contribution in [0.4, 0.5) is 0 Å². The second-order valence-electron chi connectivity index (χ2n) is 6.59. The van der Waals surface area contributed by atoms with Gasteiger partial charge in [-0.15, -0.1) is 0 Å². The number of aromatic nitrogens is 2. The largest absolute Gasteiger partial charge is 0.612 e. The summed E-state index contributed by atoms with van der Waals surface area (Å²) in [6.45, 7) is 0.698. The highest BCUT2D eigenvalue weighted by molar-refractivity contribution is 7.90. The van der Waals surface area contributed by atoms with Gasteiger partial charge in [0.15, 0.2) is 4.90 Å². The lowest BCUT2D eigenvalue weighted by Crippen LogP contribution is -2.16. The van der Waals surface area contributed by atoms with Crippen LogP contribution in [0, 0.1) is 5.92 Å². The zero-order chi connectivity index (χ0) is 17.6. The van der Waals surface area contributed by atoms with Crippen molar-refractivity contribution in [1.29, 1.82) is 0 Å². The summed E-state index contributed by atoms with van der Waals surface area (Å²) in [6.07, 6.45) is 7.68. The monoisotopic (exact) mass is 356 g/mol. The molecule has 1 aromatic carbocycles. The van der Waals surface area contributed by atoms with E-state index in [9.17, 15) is 9.35 Å². The van der Waals surface area contributed by atoms with Gasteiger partial charge in [0.1, 0.15) is 17.5 Å². The van der Waals surface area contributed by atoms with Crippen molar-refractivity contribution in [1.82, 2.24) is 9.55 Å². The molecule has 1 atom stereocenters. The van der Waals surface area contributed by atoms with E-state index in [1.54, 1.807) is 24.1 Å². The van der Waals surface area contributed by atoms with E-state index in [1.165, 1.54) is 12.8 Å². The number of nitrogens with one attached hydrogen (secondary N) is 1. The van der Waals surface area contributed by atoms with Crippen molar-refractivity contribution in [2.75, 3.05) is 12.9 Å². The van der Waals surface area contributed by atoms with Gasteiger partial charge in [-0.3, -0.25) is 4.79 Å². The molecule has 0 spiro atoms. The van der Waals surface area contributed by atoms with Gasteiger partial charge < -0.3 is 18.8 Å². The maximum absolute atomic E-state index is 12.3. The molecule has 0 amide bonds. The third-order valence-electron chi connectivity index (χ3n) is 4.64. The Labute approximate surface area is 148 Å². The van der Waals surface area contributed by atoms with Crippen molar-refractivity contribution < 1.29 is 9.29 Å². The number of nitrogens with zero attached hydrogens (tertiary/aromatic N) is 1. The maximum atomic E-state index is 12.3. The molecule has 130 valence electrons. The van der Waals surface area contributed by atoms with Crippen LogP contribution in [0.2, 0.25) is 0 Å². The zero-order valence-corrected chi connectivity index (χ0v) is 15.1. The fraction of sp³-hybridized carbons (Fsp3) is 0.316.